The van der Waals surface area contributed by atoms with E-state index in [1.807, 2.05) is 11.8 Å². The van der Waals surface area contributed by atoms with Crippen molar-refractivity contribution in [2.24, 2.45) is 4.99 Å². The van der Waals surface area contributed by atoms with Gasteiger partial charge in [-0.2, -0.15) is 0 Å². The Morgan fingerprint density at radius 1 is 0.875 bits per heavy atom. The number of rotatable bonds is 2. The number of aliphatic imine (C=N–C) groups is 1. The molecule has 1 aromatic rings. The van der Waals surface area contributed by atoms with Crippen LogP contribution in [0.4, 0.5) is 5.69 Å². The van der Waals surface area contributed by atoms with Crippen molar-refractivity contribution < 1.29 is 0 Å². The van der Waals surface area contributed by atoms with Crippen LogP contribution in [0, 0.1) is 0 Å². The van der Waals surface area contributed by atoms with Crippen LogP contribution in [0.15, 0.2) is 35.3 Å². The van der Waals surface area contributed by atoms with Crippen LogP contribution in [0.25, 0.3) is 0 Å². The molecule has 0 saturated carbocycles. The second-order valence-electron chi connectivity index (χ2n) is 6.49. The largest absolute Gasteiger partial charge is 0.299 e. The Bertz CT molecular complexity index is 546. The van der Waals surface area contributed by atoms with Gasteiger partial charge in [-0.1, -0.05) is 30.0 Å². The molecule has 1 aromatic carbocycles. The molecule has 0 unspecified atom stereocenters. The molecule has 0 radical (unpaired) electrons. The molecule has 3 heterocycles. The molecular weight excluding hydrogens is 337 g/mol. The summed E-state index contributed by atoms with van der Waals surface area (Å²) in [6.07, 6.45) is 2.18. The molecule has 24 heavy (non-hydrogen) atoms. The number of likely N-dealkylation sites (N-methyl/N-ethyl adjacent to an activating group) is 3. The second kappa shape index (κ2) is 7.81. The van der Waals surface area contributed by atoms with E-state index in [-0.39, 0.29) is 0 Å². The van der Waals surface area contributed by atoms with Gasteiger partial charge in [0.1, 0.15) is 0 Å². The van der Waals surface area contributed by atoms with Crippen molar-refractivity contribution in [3.8, 4) is 0 Å². The third-order valence-corrected chi connectivity index (χ3v) is 10.9. The van der Waals surface area contributed by atoms with Crippen LogP contribution in [0.3, 0.4) is 0 Å². The van der Waals surface area contributed by atoms with E-state index in [0.717, 1.165) is 45.0 Å². The number of hydrogen-bond acceptors (Lipinski definition) is 6. The lowest BCUT2D eigenvalue weighted by Crippen LogP contribution is -2.55. The summed E-state index contributed by atoms with van der Waals surface area (Å²) in [7, 11) is 5.07. The maximum Gasteiger partial charge on any atom is 0.288 e. The maximum absolute atomic E-state index is 5.12. The molecule has 0 N–H and O–H groups in total. The molecular formula is C17H29N5PS+. The van der Waals surface area contributed by atoms with Crippen molar-refractivity contribution in [3.63, 3.8) is 0 Å². The van der Waals surface area contributed by atoms with Crippen molar-refractivity contribution >= 4 is 29.9 Å². The van der Waals surface area contributed by atoms with Crippen LogP contribution in [-0.4, -0.2) is 90.4 Å². The molecule has 3 aliphatic rings. The average molecular weight is 366 g/mol. The van der Waals surface area contributed by atoms with Gasteiger partial charge in [0.15, 0.2) is 0 Å². The minimum atomic E-state index is -1.79. The van der Waals surface area contributed by atoms with Gasteiger partial charge < -0.3 is 0 Å². The molecule has 7 heteroatoms. The first-order valence-corrected chi connectivity index (χ1v) is 11.4. The Morgan fingerprint density at radius 3 is 1.83 bits per heavy atom. The van der Waals surface area contributed by atoms with Gasteiger partial charge in [-0.3, -0.25) is 4.90 Å². The summed E-state index contributed by atoms with van der Waals surface area (Å²) >= 11 is 1.82. The average Bonchev–Trinajstić information content (AvgIpc) is 2.58. The zero-order valence-corrected chi connectivity index (χ0v) is 16.9. The van der Waals surface area contributed by atoms with Gasteiger partial charge >= 0.3 is 0 Å². The smallest absolute Gasteiger partial charge is 0.288 e. The Morgan fingerprint density at radius 2 is 1.38 bits per heavy atom. The lowest BCUT2D eigenvalue weighted by atomic mass is 10.3. The van der Waals surface area contributed by atoms with Crippen LogP contribution < -0.4 is 0 Å². The highest BCUT2D eigenvalue weighted by molar-refractivity contribution is 8.27. The number of hydrogen-bond donors (Lipinski definition) is 0. The van der Waals surface area contributed by atoms with Gasteiger partial charge in [-0.25, -0.2) is 4.99 Å². The predicted octanol–water partition coefficient (Wildman–Crippen LogP) is 2.92. The van der Waals surface area contributed by atoms with E-state index < -0.39 is 7.71 Å². The highest BCUT2D eigenvalue weighted by Gasteiger charge is 2.58. The van der Waals surface area contributed by atoms with Gasteiger partial charge in [-0.15, -0.1) is 14.0 Å². The lowest BCUT2D eigenvalue weighted by molar-refractivity contribution is 0.186. The van der Waals surface area contributed by atoms with E-state index in [1.54, 1.807) is 0 Å². The van der Waals surface area contributed by atoms with Crippen molar-refractivity contribution in [1.82, 2.24) is 18.9 Å². The van der Waals surface area contributed by atoms with E-state index in [2.05, 4.69) is 76.6 Å². The van der Waals surface area contributed by atoms with E-state index in [9.17, 15) is 0 Å². The third-order valence-electron chi connectivity index (χ3n) is 5.07. The van der Waals surface area contributed by atoms with Crippen molar-refractivity contribution in [2.75, 3.05) is 66.7 Å². The molecule has 132 valence electrons. The van der Waals surface area contributed by atoms with Gasteiger partial charge in [0.25, 0.3) is 12.5 Å². The Kier molecular flexibility index (Phi) is 5.96. The van der Waals surface area contributed by atoms with E-state index in [0.29, 0.717) is 0 Å². The third kappa shape index (κ3) is 3.28. The van der Waals surface area contributed by atoms with Crippen molar-refractivity contribution in [2.45, 2.75) is 0 Å². The Labute approximate surface area is 151 Å². The van der Waals surface area contributed by atoms with Crippen LogP contribution in [0.2, 0.25) is 0 Å². The molecule has 2 bridgehead atoms. The number of benzene rings is 1. The molecule has 0 aliphatic carbocycles. The molecule has 4 rings (SSSR count). The van der Waals surface area contributed by atoms with Crippen LogP contribution in [-0.2, 0) is 0 Å². The Balaban J connectivity index is 2.10. The zero-order chi connectivity index (χ0) is 17.2. The first-order chi connectivity index (χ1) is 11.6. The highest BCUT2D eigenvalue weighted by Crippen LogP contribution is 2.69. The van der Waals surface area contributed by atoms with E-state index >= 15 is 0 Å². The van der Waals surface area contributed by atoms with Gasteiger partial charge in [0, 0.05) is 60.4 Å². The van der Waals surface area contributed by atoms with Crippen molar-refractivity contribution in [1.29, 1.82) is 0 Å². The molecule has 0 spiro atoms. The minimum Gasteiger partial charge on any atom is -0.299 e. The van der Waals surface area contributed by atoms with Crippen molar-refractivity contribution in [3.05, 3.63) is 30.3 Å². The van der Waals surface area contributed by atoms with Gasteiger partial charge in [-0.05, 0) is 18.4 Å². The summed E-state index contributed by atoms with van der Waals surface area (Å²) in [6.45, 7) is 6.76. The topological polar surface area (TPSA) is 25.3 Å². The monoisotopic (exact) mass is 366 g/mol. The normalized spacial score (nSPS) is 30.8. The molecule has 3 saturated heterocycles. The summed E-state index contributed by atoms with van der Waals surface area (Å²) < 4.78 is 7.74. The zero-order valence-electron chi connectivity index (χ0n) is 15.2. The summed E-state index contributed by atoms with van der Waals surface area (Å²) in [5.41, 5.74) is 1.05. The summed E-state index contributed by atoms with van der Waals surface area (Å²) in [4.78, 5) is 8.97. The number of thioether (sulfide) groups is 1. The van der Waals surface area contributed by atoms with E-state index in [1.165, 1.54) is 4.78 Å². The fraction of sp³-hybridized carbons (Fsp3) is 0.588. The predicted molar refractivity (Wildman–Crippen MR) is 108 cm³/mol. The number of para-hydroxylation sites is 1. The first kappa shape index (κ1) is 18.3. The molecule has 0 atom stereocenters. The Hall–Kier alpha value is -0.490. The number of nitrogens with zero attached hydrogens (tertiary/aromatic N) is 5. The van der Waals surface area contributed by atoms with Gasteiger partial charge in [0.05, 0.1) is 5.69 Å². The summed E-state index contributed by atoms with van der Waals surface area (Å²) in [6, 6.07) is 10.4. The molecule has 0 aromatic heterocycles. The quantitative estimate of drug-likeness (QED) is 0.455. The molecule has 0 amide bonds. The summed E-state index contributed by atoms with van der Waals surface area (Å²) in [5.74, 6) is 0. The molecule has 5 nitrogen and oxygen atoms in total. The fourth-order valence-electron chi connectivity index (χ4n) is 3.68. The minimum absolute atomic E-state index is 1.05. The first-order valence-electron chi connectivity index (χ1n) is 8.53. The molecule has 3 aliphatic heterocycles. The van der Waals surface area contributed by atoms with Crippen LogP contribution in [0.1, 0.15) is 0 Å². The maximum atomic E-state index is 5.12. The van der Waals surface area contributed by atoms with E-state index in [4.69, 9.17) is 4.99 Å². The summed E-state index contributed by atoms with van der Waals surface area (Å²) in [5, 5.41) is 0. The van der Waals surface area contributed by atoms with Crippen LogP contribution in [0.5, 0.6) is 0 Å². The fourth-order valence-corrected chi connectivity index (χ4v) is 9.91. The SMILES string of the molecule is CSC(=Nc1ccccc1)[P+]12N(C)CCN(CCN1C)CCN2C. The number of fused-ring (bicyclic) bond motifs is 6. The van der Waals surface area contributed by atoms with Crippen LogP contribution >= 0.6 is 19.5 Å². The lowest BCUT2D eigenvalue weighted by Gasteiger charge is -2.48. The highest BCUT2D eigenvalue weighted by atomic mass is 32.2. The second-order valence-corrected chi connectivity index (χ2v) is 11.2. The van der Waals surface area contributed by atoms with Gasteiger partial charge in [0.2, 0.25) is 0 Å². The molecule has 3 fully saturated rings. The standard InChI is InChI=1S/C17H29N5PS/c1-19-10-13-22-14-11-20(2)23(19,21(3)12-15-22)17(24-4)18-16-8-6-5-7-9-16/h5-9H,10-15H2,1-4H3/q+1.